The molecule has 10 nitrogen and oxygen atoms in total. The lowest BCUT2D eigenvalue weighted by molar-refractivity contribution is -0.123. The lowest BCUT2D eigenvalue weighted by Gasteiger charge is -2.23. The summed E-state index contributed by atoms with van der Waals surface area (Å²) in [4.78, 5) is 54.4. The van der Waals surface area contributed by atoms with E-state index in [0.717, 1.165) is 25.7 Å². The van der Waals surface area contributed by atoms with Crippen LogP contribution in [0.3, 0.4) is 0 Å². The average Bonchev–Trinajstić information content (AvgIpc) is 2.78. The molecule has 0 fully saturated rings. The van der Waals surface area contributed by atoms with E-state index in [4.69, 9.17) is 9.47 Å². The van der Waals surface area contributed by atoms with Crippen molar-refractivity contribution in [2.24, 2.45) is 0 Å². The topological polar surface area (TPSA) is 129 Å². The highest BCUT2D eigenvalue weighted by molar-refractivity contribution is 5.94. The number of fused-ring (bicyclic) bond motifs is 1. The number of amides is 2. The summed E-state index contributed by atoms with van der Waals surface area (Å²) >= 11 is 0. The summed E-state index contributed by atoms with van der Waals surface area (Å²) < 4.78 is 11.2. The number of alkyl carbamates (subject to hydrolysis) is 1. The van der Waals surface area contributed by atoms with E-state index < -0.39 is 35.2 Å². The molecule has 2 aromatic rings. The molecule has 0 saturated heterocycles. The molecule has 0 aliphatic heterocycles. The fraction of sp³-hybridized carbons (Fsp3) is 0.542. The van der Waals surface area contributed by atoms with Crippen molar-refractivity contribution >= 4 is 28.9 Å². The third-order valence-corrected chi connectivity index (χ3v) is 4.96. The van der Waals surface area contributed by atoms with Crippen LogP contribution >= 0.6 is 0 Å². The Hall–Kier alpha value is -3.43. The number of ether oxygens (including phenoxy) is 2. The van der Waals surface area contributed by atoms with Crippen LogP contribution in [0.15, 0.2) is 29.3 Å². The smallest absolute Gasteiger partial charge is 0.408 e. The van der Waals surface area contributed by atoms with Crippen molar-refractivity contribution in [3.8, 4) is 0 Å². The summed E-state index contributed by atoms with van der Waals surface area (Å²) in [5.74, 6) is -1.01. The van der Waals surface area contributed by atoms with Gasteiger partial charge in [0.15, 0.2) is 0 Å². The highest BCUT2D eigenvalue weighted by Crippen LogP contribution is 2.12. The molecule has 0 unspecified atom stereocenters. The number of benzene rings is 1. The molecule has 2 amide bonds. The van der Waals surface area contributed by atoms with Gasteiger partial charge in [0.1, 0.15) is 11.6 Å². The number of hydrogen-bond acceptors (Lipinski definition) is 7. The van der Waals surface area contributed by atoms with Crippen molar-refractivity contribution in [3.05, 3.63) is 40.4 Å². The van der Waals surface area contributed by atoms with E-state index in [0.29, 0.717) is 12.1 Å². The SMILES string of the molecule is CCCCCCNC(=O)[C@H](Cn1cnc2ccc(C(=O)OC)cc2c1=O)NC(=O)OC(C)(C)C. The number of carbonyl (C=O) groups excluding carboxylic acids is 3. The molecule has 2 rings (SSSR count). The Morgan fingerprint density at radius 3 is 2.53 bits per heavy atom. The van der Waals surface area contributed by atoms with E-state index in [9.17, 15) is 19.2 Å². The summed E-state index contributed by atoms with van der Waals surface area (Å²) in [7, 11) is 1.25. The summed E-state index contributed by atoms with van der Waals surface area (Å²) in [5.41, 5.74) is -0.606. The quantitative estimate of drug-likeness (QED) is 0.400. The maximum absolute atomic E-state index is 13.1. The molecule has 1 aromatic carbocycles. The summed E-state index contributed by atoms with van der Waals surface area (Å²) in [5, 5.41) is 5.56. The van der Waals surface area contributed by atoms with Crippen molar-refractivity contribution in [1.29, 1.82) is 0 Å². The van der Waals surface area contributed by atoms with Gasteiger partial charge in [-0.05, 0) is 45.4 Å². The number of rotatable bonds is 10. The van der Waals surface area contributed by atoms with E-state index >= 15 is 0 Å². The van der Waals surface area contributed by atoms with Crippen LogP contribution in [0.5, 0.6) is 0 Å². The first-order valence-electron chi connectivity index (χ1n) is 11.4. The molecular weight excluding hydrogens is 440 g/mol. The van der Waals surface area contributed by atoms with Crippen molar-refractivity contribution in [2.45, 2.75) is 71.6 Å². The number of hydrogen-bond donors (Lipinski definition) is 2. The molecule has 0 aliphatic carbocycles. The number of carbonyl (C=O) groups is 3. The molecular formula is C24H34N4O6. The molecule has 1 heterocycles. The standard InChI is InChI=1S/C24H34N4O6/c1-6-7-8-9-12-25-20(29)19(27-23(32)34-24(2,3)4)14-28-15-26-18-11-10-16(22(31)33-5)13-17(18)21(28)30/h10-11,13,15,19H,6-9,12,14H2,1-5H3,(H,25,29)(H,27,32)/t19-/m0/s1. The van der Waals surface area contributed by atoms with Gasteiger partial charge in [-0.2, -0.15) is 0 Å². The molecule has 2 N–H and O–H groups in total. The number of nitrogens with one attached hydrogen (secondary N) is 2. The second kappa shape index (κ2) is 12.2. The molecule has 186 valence electrons. The second-order valence-corrected chi connectivity index (χ2v) is 8.98. The third kappa shape index (κ3) is 7.86. The Balaban J connectivity index is 2.28. The van der Waals surface area contributed by atoms with Crippen LogP contribution in [0.2, 0.25) is 0 Å². The zero-order valence-corrected chi connectivity index (χ0v) is 20.5. The number of esters is 1. The second-order valence-electron chi connectivity index (χ2n) is 8.98. The Kier molecular flexibility index (Phi) is 9.58. The Labute approximate surface area is 199 Å². The molecule has 0 bridgehead atoms. The summed E-state index contributed by atoms with van der Waals surface area (Å²) in [6, 6.07) is 3.40. The molecule has 0 aliphatic rings. The Morgan fingerprint density at radius 1 is 1.15 bits per heavy atom. The zero-order chi connectivity index (χ0) is 25.3. The molecule has 1 aromatic heterocycles. The maximum Gasteiger partial charge on any atom is 0.408 e. The fourth-order valence-corrected chi connectivity index (χ4v) is 3.26. The van der Waals surface area contributed by atoms with Crippen molar-refractivity contribution < 1.29 is 23.9 Å². The minimum Gasteiger partial charge on any atom is -0.465 e. The first kappa shape index (κ1) is 26.8. The van der Waals surface area contributed by atoms with Gasteiger partial charge in [-0.3, -0.25) is 14.2 Å². The monoisotopic (exact) mass is 474 g/mol. The highest BCUT2D eigenvalue weighted by Gasteiger charge is 2.25. The zero-order valence-electron chi connectivity index (χ0n) is 20.5. The highest BCUT2D eigenvalue weighted by atomic mass is 16.6. The van der Waals surface area contributed by atoms with Gasteiger partial charge in [-0.15, -0.1) is 0 Å². The number of methoxy groups -OCH3 is 1. The fourth-order valence-electron chi connectivity index (χ4n) is 3.26. The lowest BCUT2D eigenvalue weighted by Crippen LogP contribution is -2.51. The van der Waals surface area contributed by atoms with Crippen molar-refractivity contribution in [2.75, 3.05) is 13.7 Å². The van der Waals surface area contributed by atoms with E-state index in [1.807, 2.05) is 0 Å². The third-order valence-electron chi connectivity index (χ3n) is 4.96. The predicted octanol–water partition coefficient (Wildman–Crippen LogP) is 2.77. The van der Waals surface area contributed by atoms with Crippen molar-refractivity contribution in [3.63, 3.8) is 0 Å². The van der Waals surface area contributed by atoms with Gasteiger partial charge in [0.25, 0.3) is 5.56 Å². The largest absolute Gasteiger partial charge is 0.465 e. The lowest BCUT2D eigenvalue weighted by atomic mass is 10.1. The van der Waals surface area contributed by atoms with E-state index in [-0.39, 0.29) is 17.5 Å². The predicted molar refractivity (Wildman–Crippen MR) is 128 cm³/mol. The summed E-state index contributed by atoms with van der Waals surface area (Å²) in [6.45, 7) is 7.54. The minimum atomic E-state index is -1.07. The molecule has 0 radical (unpaired) electrons. The van der Waals surface area contributed by atoms with Crippen LogP contribution in [0, 0.1) is 0 Å². The molecule has 0 saturated carbocycles. The van der Waals surface area contributed by atoms with E-state index in [1.54, 1.807) is 26.8 Å². The average molecular weight is 475 g/mol. The van der Waals surface area contributed by atoms with Crippen LogP contribution in [0.1, 0.15) is 63.7 Å². The van der Waals surface area contributed by atoms with Crippen LogP contribution in [-0.2, 0) is 20.8 Å². The molecule has 10 heteroatoms. The molecule has 0 spiro atoms. The van der Waals surface area contributed by atoms with Crippen LogP contribution in [-0.4, -0.2) is 52.8 Å². The normalized spacial score (nSPS) is 12.1. The van der Waals surface area contributed by atoms with Crippen molar-refractivity contribution in [1.82, 2.24) is 20.2 Å². The van der Waals surface area contributed by atoms with Crippen LogP contribution in [0.4, 0.5) is 4.79 Å². The van der Waals surface area contributed by atoms with Gasteiger partial charge in [-0.1, -0.05) is 26.2 Å². The number of unbranched alkanes of at least 4 members (excludes halogenated alkanes) is 3. The van der Waals surface area contributed by atoms with E-state index in [2.05, 4.69) is 22.5 Å². The van der Waals surface area contributed by atoms with Crippen LogP contribution < -0.4 is 16.2 Å². The van der Waals surface area contributed by atoms with Gasteiger partial charge in [0, 0.05) is 6.54 Å². The summed E-state index contributed by atoms with van der Waals surface area (Å²) in [6.07, 6.45) is 4.48. The molecule has 1 atom stereocenters. The van der Waals surface area contributed by atoms with E-state index in [1.165, 1.54) is 30.1 Å². The molecule has 34 heavy (non-hydrogen) atoms. The first-order valence-corrected chi connectivity index (χ1v) is 11.4. The van der Waals surface area contributed by atoms with Gasteiger partial charge < -0.3 is 20.1 Å². The Bertz CT molecular complexity index is 1070. The Morgan fingerprint density at radius 2 is 1.88 bits per heavy atom. The van der Waals surface area contributed by atoms with Gasteiger partial charge in [0.05, 0.1) is 36.4 Å². The van der Waals surface area contributed by atoms with Gasteiger partial charge in [-0.25, -0.2) is 14.6 Å². The maximum atomic E-state index is 13.1. The van der Waals surface area contributed by atoms with Gasteiger partial charge in [0.2, 0.25) is 5.91 Å². The number of nitrogens with zero attached hydrogens (tertiary/aromatic N) is 2. The minimum absolute atomic E-state index is 0.162. The van der Waals surface area contributed by atoms with Gasteiger partial charge >= 0.3 is 12.1 Å². The van der Waals surface area contributed by atoms with Crippen LogP contribution in [0.25, 0.3) is 10.9 Å². The number of aromatic nitrogens is 2. The first-order chi connectivity index (χ1) is 16.1.